The lowest BCUT2D eigenvalue weighted by Gasteiger charge is -2.12. The van der Waals surface area contributed by atoms with Crippen molar-refractivity contribution in [1.82, 2.24) is 9.55 Å². The molecule has 0 radical (unpaired) electrons. The van der Waals surface area contributed by atoms with Crippen LogP contribution in [0.5, 0.6) is 0 Å². The summed E-state index contributed by atoms with van der Waals surface area (Å²) in [4.78, 5) is 15.8. The maximum absolute atomic E-state index is 11.8. The van der Waals surface area contributed by atoms with Crippen molar-refractivity contribution in [3.63, 3.8) is 0 Å². The summed E-state index contributed by atoms with van der Waals surface area (Å²) in [6.45, 7) is 0.506. The largest absolute Gasteiger partial charge is 0.464 e. The fraction of sp³-hybridized carbons (Fsp3) is 0.111. The van der Waals surface area contributed by atoms with E-state index in [1.165, 1.54) is 13.3 Å². The highest BCUT2D eigenvalue weighted by Crippen LogP contribution is 2.28. The van der Waals surface area contributed by atoms with E-state index < -0.39 is 5.97 Å². The monoisotopic (exact) mass is 326 g/mol. The van der Waals surface area contributed by atoms with Crippen LogP contribution in [0.4, 0.5) is 0 Å². The third-order valence-corrected chi connectivity index (χ3v) is 3.84. The molecule has 5 heteroatoms. The molecule has 1 aromatic heterocycles. The quantitative estimate of drug-likeness (QED) is 0.680. The van der Waals surface area contributed by atoms with Crippen LogP contribution in [-0.2, 0) is 11.3 Å². The van der Waals surface area contributed by atoms with Crippen LogP contribution in [0.15, 0.2) is 61.1 Å². The van der Waals surface area contributed by atoms with Gasteiger partial charge in [-0.2, -0.15) is 0 Å². The first kappa shape index (κ1) is 15.3. The topological polar surface area (TPSA) is 44.1 Å². The highest BCUT2D eigenvalue weighted by molar-refractivity contribution is 6.30. The van der Waals surface area contributed by atoms with Crippen LogP contribution in [0.25, 0.3) is 11.1 Å². The minimum atomic E-state index is -0.405. The number of hydrogen-bond acceptors (Lipinski definition) is 3. The predicted octanol–water partition coefficient (Wildman–Crippen LogP) is 4.04. The molecule has 0 amide bonds. The van der Waals surface area contributed by atoms with E-state index in [-0.39, 0.29) is 0 Å². The molecule has 2 aromatic carbocycles. The molecule has 4 nitrogen and oxygen atoms in total. The first-order valence-electron chi connectivity index (χ1n) is 7.11. The predicted molar refractivity (Wildman–Crippen MR) is 89.6 cm³/mol. The molecule has 0 unspecified atom stereocenters. The van der Waals surface area contributed by atoms with Crippen LogP contribution in [0.2, 0.25) is 5.02 Å². The second-order valence-electron chi connectivity index (χ2n) is 5.07. The van der Waals surface area contributed by atoms with Crippen LogP contribution in [0.3, 0.4) is 0 Å². The maximum atomic E-state index is 11.8. The van der Waals surface area contributed by atoms with Gasteiger partial charge in [0.25, 0.3) is 0 Å². The molecule has 0 spiro atoms. The Morgan fingerprint density at radius 2 is 2.00 bits per heavy atom. The van der Waals surface area contributed by atoms with Gasteiger partial charge in [0.05, 0.1) is 19.6 Å². The summed E-state index contributed by atoms with van der Waals surface area (Å²) >= 11 is 6.16. The van der Waals surface area contributed by atoms with Crippen molar-refractivity contribution >= 4 is 17.6 Å². The van der Waals surface area contributed by atoms with Crippen LogP contribution in [-0.4, -0.2) is 22.6 Å². The normalized spacial score (nSPS) is 10.5. The molecular weight excluding hydrogens is 312 g/mol. The molecule has 3 aromatic rings. The number of nitrogens with zero attached hydrogens (tertiary/aromatic N) is 2. The lowest BCUT2D eigenvalue weighted by Crippen LogP contribution is -2.11. The van der Waals surface area contributed by atoms with Gasteiger partial charge in [-0.15, -0.1) is 0 Å². The van der Waals surface area contributed by atoms with Gasteiger partial charge in [0, 0.05) is 11.6 Å². The Bertz CT molecular complexity index is 828. The number of carbonyl (C=O) groups is 1. The van der Waals surface area contributed by atoms with Gasteiger partial charge in [-0.25, -0.2) is 9.78 Å². The number of esters is 1. The zero-order valence-electron chi connectivity index (χ0n) is 12.6. The average molecular weight is 327 g/mol. The summed E-state index contributed by atoms with van der Waals surface area (Å²) in [5.74, 6) is -0.405. The van der Waals surface area contributed by atoms with Crippen LogP contribution in [0, 0.1) is 0 Å². The molecule has 1 heterocycles. The van der Waals surface area contributed by atoms with Crippen LogP contribution < -0.4 is 0 Å². The van der Waals surface area contributed by atoms with Crippen molar-refractivity contribution < 1.29 is 9.53 Å². The number of ether oxygens (including phenoxy) is 1. The van der Waals surface area contributed by atoms with Crippen molar-refractivity contribution in [1.29, 1.82) is 0 Å². The first-order valence-corrected chi connectivity index (χ1v) is 7.49. The summed E-state index contributed by atoms with van der Waals surface area (Å²) in [7, 11) is 1.36. The molecule has 0 aliphatic heterocycles. The van der Waals surface area contributed by atoms with Gasteiger partial charge in [0.15, 0.2) is 0 Å². The number of carbonyl (C=O) groups excluding carboxylic acids is 1. The lowest BCUT2D eigenvalue weighted by atomic mass is 9.99. The number of imidazole rings is 1. The van der Waals surface area contributed by atoms with Gasteiger partial charge in [-0.1, -0.05) is 48.0 Å². The van der Waals surface area contributed by atoms with Gasteiger partial charge in [-0.05, 0) is 28.8 Å². The van der Waals surface area contributed by atoms with Crippen molar-refractivity contribution in [2.45, 2.75) is 6.54 Å². The van der Waals surface area contributed by atoms with E-state index in [0.717, 1.165) is 16.7 Å². The number of methoxy groups -OCH3 is 1. The maximum Gasteiger partial charge on any atom is 0.356 e. The standard InChI is InChI=1S/C18H15ClN2O2/c1-23-18(22)17-10-20-12-21(17)11-14-7-8-15(19)9-16(14)13-5-3-2-4-6-13/h2-10,12H,11H2,1H3. The van der Waals surface area contributed by atoms with E-state index in [1.807, 2.05) is 48.5 Å². The van der Waals surface area contributed by atoms with E-state index >= 15 is 0 Å². The summed E-state index contributed by atoms with van der Waals surface area (Å²) < 4.78 is 6.55. The van der Waals surface area contributed by atoms with Gasteiger partial charge >= 0.3 is 5.97 Å². The fourth-order valence-electron chi connectivity index (χ4n) is 2.48. The van der Waals surface area contributed by atoms with Crippen molar-refractivity contribution in [2.24, 2.45) is 0 Å². The van der Waals surface area contributed by atoms with Gasteiger partial charge in [0.1, 0.15) is 5.69 Å². The molecule has 0 N–H and O–H groups in total. The average Bonchev–Trinajstić information content (AvgIpc) is 3.04. The second-order valence-corrected chi connectivity index (χ2v) is 5.50. The highest BCUT2D eigenvalue weighted by atomic mass is 35.5. The molecule has 116 valence electrons. The molecule has 0 aliphatic rings. The fourth-order valence-corrected chi connectivity index (χ4v) is 2.65. The Hall–Kier alpha value is -2.59. The Balaban J connectivity index is 2.02. The highest BCUT2D eigenvalue weighted by Gasteiger charge is 2.14. The van der Waals surface area contributed by atoms with E-state index in [4.69, 9.17) is 16.3 Å². The van der Waals surface area contributed by atoms with Gasteiger partial charge in [0.2, 0.25) is 0 Å². The molecule has 0 fully saturated rings. The van der Waals surface area contributed by atoms with E-state index in [9.17, 15) is 4.79 Å². The summed E-state index contributed by atoms with van der Waals surface area (Å²) in [6, 6.07) is 15.7. The third-order valence-electron chi connectivity index (χ3n) is 3.60. The molecular formula is C18H15ClN2O2. The Labute approximate surface area is 139 Å². The van der Waals surface area contributed by atoms with Crippen LogP contribution >= 0.6 is 11.6 Å². The Morgan fingerprint density at radius 1 is 1.22 bits per heavy atom. The third kappa shape index (κ3) is 3.27. The van der Waals surface area contributed by atoms with Gasteiger partial charge in [-0.3, -0.25) is 0 Å². The summed E-state index contributed by atoms with van der Waals surface area (Å²) in [5.41, 5.74) is 3.57. The lowest BCUT2D eigenvalue weighted by molar-refractivity contribution is 0.0589. The molecule has 0 atom stereocenters. The van der Waals surface area contributed by atoms with Crippen molar-refractivity contribution in [3.05, 3.63) is 77.3 Å². The molecule has 0 aliphatic carbocycles. The molecule has 23 heavy (non-hydrogen) atoms. The molecule has 0 bridgehead atoms. The molecule has 0 saturated heterocycles. The van der Waals surface area contributed by atoms with Gasteiger partial charge < -0.3 is 9.30 Å². The SMILES string of the molecule is COC(=O)c1cncn1Cc1ccc(Cl)cc1-c1ccccc1. The summed E-state index contributed by atoms with van der Waals surface area (Å²) in [6.07, 6.45) is 3.12. The smallest absolute Gasteiger partial charge is 0.356 e. The number of hydrogen-bond donors (Lipinski definition) is 0. The number of halogens is 1. The molecule has 0 saturated carbocycles. The van der Waals surface area contributed by atoms with E-state index in [1.54, 1.807) is 10.9 Å². The minimum Gasteiger partial charge on any atom is -0.464 e. The molecule has 3 rings (SSSR count). The zero-order valence-corrected chi connectivity index (χ0v) is 13.3. The van der Waals surface area contributed by atoms with Crippen LogP contribution in [0.1, 0.15) is 16.1 Å². The minimum absolute atomic E-state index is 0.405. The number of benzene rings is 2. The van der Waals surface area contributed by atoms with E-state index in [0.29, 0.717) is 17.3 Å². The summed E-state index contributed by atoms with van der Waals surface area (Å²) in [5, 5.41) is 0.673. The van der Waals surface area contributed by atoms with Crippen molar-refractivity contribution in [3.8, 4) is 11.1 Å². The Morgan fingerprint density at radius 3 is 2.74 bits per heavy atom. The number of rotatable bonds is 4. The van der Waals surface area contributed by atoms with Crippen molar-refractivity contribution in [2.75, 3.05) is 7.11 Å². The number of aromatic nitrogens is 2. The zero-order chi connectivity index (χ0) is 16.2. The second kappa shape index (κ2) is 6.67. The first-order chi connectivity index (χ1) is 11.2. The van der Waals surface area contributed by atoms with E-state index in [2.05, 4.69) is 4.98 Å². The Kier molecular flexibility index (Phi) is 4.44.